The molecule has 1 N–H and O–H groups in total. The molecule has 0 fully saturated rings. The molecule has 0 radical (unpaired) electrons. The van der Waals surface area contributed by atoms with Gasteiger partial charge in [0.25, 0.3) is 5.56 Å². The van der Waals surface area contributed by atoms with Gasteiger partial charge in [-0.25, -0.2) is 14.4 Å². The van der Waals surface area contributed by atoms with Gasteiger partial charge in [0.1, 0.15) is 5.52 Å². The first-order valence-corrected chi connectivity index (χ1v) is 5.94. The van der Waals surface area contributed by atoms with Crippen molar-refractivity contribution in [3.05, 3.63) is 27.0 Å². The number of aromatic nitrogens is 3. The van der Waals surface area contributed by atoms with Crippen LogP contribution in [0, 0.1) is 12.7 Å². The number of nitrogens with one attached hydrogen (secondary N) is 1. The normalized spacial score (nSPS) is 11.0. The van der Waals surface area contributed by atoms with Crippen molar-refractivity contribution in [2.24, 2.45) is 0 Å². The van der Waals surface area contributed by atoms with Crippen LogP contribution in [-0.2, 0) is 0 Å². The molecular formula is C9H7ClFN3OS. The number of nitrogens with zero attached hydrogens (tertiary/aromatic N) is 2. The van der Waals surface area contributed by atoms with Crippen LogP contribution in [0.25, 0.3) is 10.9 Å². The Morgan fingerprint density at radius 3 is 2.75 bits per heavy atom. The van der Waals surface area contributed by atoms with Crippen LogP contribution in [-0.4, -0.2) is 21.2 Å². The molecule has 0 aliphatic heterocycles. The van der Waals surface area contributed by atoms with Crippen molar-refractivity contribution in [3.8, 4) is 0 Å². The second-order valence-electron chi connectivity index (χ2n) is 3.10. The first-order valence-electron chi connectivity index (χ1n) is 4.34. The van der Waals surface area contributed by atoms with Crippen LogP contribution < -0.4 is 5.56 Å². The van der Waals surface area contributed by atoms with E-state index in [1.54, 1.807) is 13.2 Å². The van der Waals surface area contributed by atoms with Gasteiger partial charge in [0.2, 0.25) is 0 Å². The number of fused-ring (bicyclic) bond motifs is 1. The summed E-state index contributed by atoms with van der Waals surface area (Å²) in [6, 6.07) is 0. The molecule has 2 heterocycles. The Morgan fingerprint density at radius 2 is 2.12 bits per heavy atom. The van der Waals surface area contributed by atoms with Crippen molar-refractivity contribution in [2.45, 2.75) is 12.1 Å². The van der Waals surface area contributed by atoms with Crippen molar-refractivity contribution in [3.63, 3.8) is 0 Å². The second-order valence-corrected chi connectivity index (χ2v) is 4.25. The van der Waals surface area contributed by atoms with E-state index in [4.69, 9.17) is 11.6 Å². The Labute approximate surface area is 99.3 Å². The standard InChI is InChI=1S/C9H7ClFN3OS/c1-3-4-6(5(11)7(10)12-3)13-9(16-2)14-8(4)15/h1-2H3,(H,13,14,15). The molecule has 0 aliphatic rings. The summed E-state index contributed by atoms with van der Waals surface area (Å²) < 4.78 is 13.7. The third kappa shape index (κ3) is 1.68. The highest BCUT2D eigenvalue weighted by Crippen LogP contribution is 2.22. The summed E-state index contributed by atoms with van der Waals surface area (Å²) in [5, 5.41) is 0.216. The number of hydrogen-bond acceptors (Lipinski definition) is 4. The number of pyridine rings is 1. The summed E-state index contributed by atoms with van der Waals surface area (Å²) in [5.41, 5.74) is -0.0803. The lowest BCUT2D eigenvalue weighted by atomic mass is 10.2. The van der Waals surface area contributed by atoms with Crippen LogP contribution >= 0.6 is 23.4 Å². The van der Waals surface area contributed by atoms with E-state index in [1.165, 1.54) is 11.8 Å². The average molecular weight is 260 g/mol. The number of halogens is 2. The Morgan fingerprint density at radius 1 is 1.44 bits per heavy atom. The number of aromatic amines is 1. The van der Waals surface area contributed by atoms with Crippen LogP contribution in [0.15, 0.2) is 9.95 Å². The summed E-state index contributed by atoms with van der Waals surface area (Å²) >= 11 is 6.82. The van der Waals surface area contributed by atoms with Gasteiger partial charge in [0.05, 0.1) is 11.1 Å². The van der Waals surface area contributed by atoms with Gasteiger partial charge in [-0.3, -0.25) is 4.79 Å². The van der Waals surface area contributed by atoms with Gasteiger partial charge in [0.15, 0.2) is 16.1 Å². The summed E-state index contributed by atoms with van der Waals surface area (Å²) in [5.74, 6) is -0.760. The number of hydrogen-bond donors (Lipinski definition) is 1. The van der Waals surface area contributed by atoms with E-state index in [9.17, 15) is 9.18 Å². The van der Waals surface area contributed by atoms with Crippen LogP contribution in [0.4, 0.5) is 4.39 Å². The molecule has 0 unspecified atom stereocenters. The zero-order valence-electron chi connectivity index (χ0n) is 8.47. The maximum Gasteiger partial charge on any atom is 0.261 e. The molecule has 0 aromatic carbocycles. The number of rotatable bonds is 1. The number of thioether (sulfide) groups is 1. The van der Waals surface area contributed by atoms with Gasteiger partial charge in [-0.1, -0.05) is 23.4 Å². The topological polar surface area (TPSA) is 58.6 Å². The SMILES string of the molecule is CSc1nc2c(F)c(Cl)nc(C)c2c(=O)[nH]1. The largest absolute Gasteiger partial charge is 0.301 e. The van der Waals surface area contributed by atoms with Gasteiger partial charge in [-0.05, 0) is 13.2 Å². The van der Waals surface area contributed by atoms with Crippen molar-refractivity contribution in [2.75, 3.05) is 6.26 Å². The highest BCUT2D eigenvalue weighted by atomic mass is 35.5. The second kappa shape index (κ2) is 4.03. The molecule has 7 heteroatoms. The summed E-state index contributed by atoms with van der Waals surface area (Å²) in [4.78, 5) is 21.9. The molecule has 0 saturated carbocycles. The summed E-state index contributed by atoms with van der Waals surface area (Å²) in [6.07, 6.45) is 1.73. The van der Waals surface area contributed by atoms with Gasteiger partial charge >= 0.3 is 0 Å². The van der Waals surface area contributed by atoms with Crippen LogP contribution in [0.5, 0.6) is 0 Å². The molecule has 0 spiro atoms. The predicted molar refractivity (Wildman–Crippen MR) is 61.6 cm³/mol. The van der Waals surface area contributed by atoms with E-state index in [0.717, 1.165) is 0 Å². The predicted octanol–water partition coefficient (Wildman–Crippen LogP) is 2.14. The molecule has 84 valence electrons. The number of aryl methyl sites for hydroxylation is 1. The maximum absolute atomic E-state index is 13.7. The van der Waals surface area contributed by atoms with Crippen molar-refractivity contribution >= 4 is 34.3 Å². The van der Waals surface area contributed by atoms with Crippen molar-refractivity contribution in [1.82, 2.24) is 15.0 Å². The van der Waals surface area contributed by atoms with Crippen LogP contribution in [0.2, 0.25) is 5.15 Å². The molecule has 4 nitrogen and oxygen atoms in total. The zero-order chi connectivity index (χ0) is 11.9. The van der Waals surface area contributed by atoms with E-state index in [0.29, 0.717) is 10.9 Å². The van der Waals surface area contributed by atoms with Gasteiger partial charge in [0, 0.05) is 0 Å². The van der Waals surface area contributed by atoms with E-state index >= 15 is 0 Å². The van der Waals surface area contributed by atoms with Crippen LogP contribution in [0.3, 0.4) is 0 Å². The summed E-state index contributed by atoms with van der Waals surface area (Å²) in [6.45, 7) is 1.59. The molecular weight excluding hydrogens is 253 g/mol. The minimum Gasteiger partial charge on any atom is -0.301 e. The lowest BCUT2D eigenvalue weighted by Gasteiger charge is -2.04. The minimum atomic E-state index is -0.760. The van der Waals surface area contributed by atoms with Gasteiger partial charge in [-0.15, -0.1) is 0 Å². The highest BCUT2D eigenvalue weighted by Gasteiger charge is 2.15. The van der Waals surface area contributed by atoms with Gasteiger partial charge < -0.3 is 4.98 Å². The Hall–Kier alpha value is -1.14. The Kier molecular flexibility index (Phi) is 2.86. The van der Waals surface area contributed by atoms with Crippen molar-refractivity contribution < 1.29 is 4.39 Å². The van der Waals surface area contributed by atoms with Gasteiger partial charge in [-0.2, -0.15) is 0 Å². The van der Waals surface area contributed by atoms with Crippen molar-refractivity contribution in [1.29, 1.82) is 0 Å². The first-order chi connectivity index (χ1) is 7.54. The van der Waals surface area contributed by atoms with E-state index in [1.807, 2.05) is 0 Å². The van der Waals surface area contributed by atoms with Crippen LogP contribution in [0.1, 0.15) is 5.69 Å². The van der Waals surface area contributed by atoms with E-state index in [-0.39, 0.29) is 16.1 Å². The summed E-state index contributed by atoms with van der Waals surface area (Å²) in [7, 11) is 0. The Bertz CT molecular complexity index is 628. The molecule has 0 atom stereocenters. The molecule has 2 rings (SSSR count). The maximum atomic E-state index is 13.7. The minimum absolute atomic E-state index is 0.0365. The molecule has 0 amide bonds. The zero-order valence-corrected chi connectivity index (χ0v) is 10.0. The lowest BCUT2D eigenvalue weighted by molar-refractivity contribution is 0.628. The fourth-order valence-electron chi connectivity index (χ4n) is 1.39. The third-order valence-corrected chi connectivity index (χ3v) is 2.94. The van der Waals surface area contributed by atoms with E-state index < -0.39 is 11.4 Å². The molecule has 0 bridgehead atoms. The third-order valence-electron chi connectivity index (χ3n) is 2.11. The fourth-order valence-corrected chi connectivity index (χ4v) is 1.99. The lowest BCUT2D eigenvalue weighted by Crippen LogP contribution is -2.12. The fraction of sp³-hybridized carbons (Fsp3) is 0.222. The smallest absolute Gasteiger partial charge is 0.261 e. The quantitative estimate of drug-likeness (QED) is 0.484. The monoisotopic (exact) mass is 259 g/mol. The van der Waals surface area contributed by atoms with E-state index in [2.05, 4.69) is 15.0 Å². The highest BCUT2D eigenvalue weighted by molar-refractivity contribution is 7.98. The molecule has 2 aromatic rings. The molecule has 16 heavy (non-hydrogen) atoms. The average Bonchev–Trinajstić information content (AvgIpc) is 2.24. The Balaban J connectivity index is 3.00. The molecule has 0 aliphatic carbocycles. The molecule has 0 saturated heterocycles. The first kappa shape index (κ1) is 11.3. The number of H-pyrrole nitrogens is 1. The molecule has 2 aromatic heterocycles.